The highest BCUT2D eigenvalue weighted by molar-refractivity contribution is 7.09. The maximum Gasteiger partial charge on any atom is 0.220 e. The zero-order valence-corrected chi connectivity index (χ0v) is 16.3. The van der Waals surface area contributed by atoms with E-state index >= 15 is 0 Å². The number of ketones is 1. The molecule has 138 valence electrons. The van der Waals surface area contributed by atoms with Gasteiger partial charge in [-0.15, -0.1) is 11.3 Å². The van der Waals surface area contributed by atoms with Crippen LogP contribution in [0.1, 0.15) is 77.6 Å². The van der Waals surface area contributed by atoms with Crippen LogP contribution in [0.4, 0.5) is 0 Å². The molecule has 1 N–H and O–H groups in total. The number of hydrogen-bond donors (Lipinski definition) is 1. The first-order valence-electron chi connectivity index (χ1n) is 9.39. The zero-order valence-electron chi connectivity index (χ0n) is 15.5. The quantitative estimate of drug-likeness (QED) is 0.734. The number of rotatable bonds is 7. The molecule has 0 atom stereocenters. The van der Waals surface area contributed by atoms with Crippen molar-refractivity contribution in [1.82, 2.24) is 10.3 Å². The molecule has 4 nitrogen and oxygen atoms in total. The highest BCUT2D eigenvalue weighted by atomic mass is 32.1. The fourth-order valence-corrected chi connectivity index (χ4v) is 4.06. The lowest BCUT2D eigenvalue weighted by Gasteiger charge is -2.16. The molecule has 1 heterocycles. The molecule has 0 saturated carbocycles. The molecule has 1 aliphatic rings. The zero-order chi connectivity index (χ0) is 18.5. The van der Waals surface area contributed by atoms with Crippen LogP contribution in [0.15, 0.2) is 23.6 Å². The van der Waals surface area contributed by atoms with Gasteiger partial charge < -0.3 is 5.32 Å². The largest absolute Gasteiger partial charge is 0.350 e. The number of aryl methyl sites for hydroxylation is 2. The third-order valence-corrected chi connectivity index (χ3v) is 5.97. The molecular weight excluding hydrogens is 344 g/mol. The van der Waals surface area contributed by atoms with Crippen LogP contribution in [-0.4, -0.2) is 16.7 Å². The molecule has 1 aromatic carbocycles. The topological polar surface area (TPSA) is 59.1 Å². The van der Waals surface area contributed by atoms with Crippen LogP contribution in [0.25, 0.3) is 0 Å². The number of nitrogens with one attached hydrogen (secondary N) is 1. The number of hydrogen-bond acceptors (Lipinski definition) is 4. The number of aromatic nitrogens is 1. The molecule has 0 spiro atoms. The summed E-state index contributed by atoms with van der Waals surface area (Å²) >= 11 is 1.62. The first kappa shape index (κ1) is 18.8. The molecule has 5 heteroatoms. The van der Waals surface area contributed by atoms with Gasteiger partial charge in [0.2, 0.25) is 5.91 Å². The molecule has 0 saturated heterocycles. The second-order valence-corrected chi connectivity index (χ2v) is 8.11. The highest BCUT2D eigenvalue weighted by Gasteiger charge is 2.14. The van der Waals surface area contributed by atoms with Crippen molar-refractivity contribution >= 4 is 23.0 Å². The standard InChI is InChI=1S/C21H26N2O2S/c1-14(2)21-23-18(13-26-21)12-22-20(25)10-9-19(24)17-8-7-15-5-3-4-6-16(15)11-17/h7-8,11,13-14H,3-6,9-10,12H2,1-2H3,(H,22,25). The summed E-state index contributed by atoms with van der Waals surface area (Å²) < 4.78 is 0. The fraction of sp³-hybridized carbons (Fsp3) is 0.476. The predicted octanol–water partition coefficient (Wildman–Crippen LogP) is 4.42. The van der Waals surface area contributed by atoms with Crippen LogP contribution in [0.3, 0.4) is 0 Å². The van der Waals surface area contributed by atoms with Crippen molar-refractivity contribution in [2.75, 3.05) is 0 Å². The van der Waals surface area contributed by atoms with Crippen LogP contribution in [-0.2, 0) is 24.2 Å². The molecular formula is C21H26N2O2S. The summed E-state index contributed by atoms with van der Waals surface area (Å²) in [6, 6.07) is 6.01. The van der Waals surface area contributed by atoms with Crippen molar-refractivity contribution in [2.24, 2.45) is 0 Å². The van der Waals surface area contributed by atoms with E-state index in [9.17, 15) is 9.59 Å². The first-order chi connectivity index (χ1) is 12.5. The third-order valence-electron chi connectivity index (χ3n) is 4.78. The number of thiazole rings is 1. The maximum absolute atomic E-state index is 12.4. The van der Waals surface area contributed by atoms with Gasteiger partial charge >= 0.3 is 0 Å². The van der Waals surface area contributed by atoms with Gasteiger partial charge in [0.1, 0.15) is 0 Å². The van der Waals surface area contributed by atoms with E-state index in [2.05, 4.69) is 30.2 Å². The molecule has 1 amide bonds. The molecule has 0 fully saturated rings. The van der Waals surface area contributed by atoms with Crippen LogP contribution in [0.2, 0.25) is 0 Å². The number of carbonyl (C=O) groups excluding carboxylic acids is 2. The van der Waals surface area contributed by atoms with Gasteiger partial charge in [-0.2, -0.15) is 0 Å². The van der Waals surface area contributed by atoms with Gasteiger partial charge in [0.25, 0.3) is 0 Å². The van der Waals surface area contributed by atoms with Crippen molar-refractivity contribution in [3.8, 4) is 0 Å². The predicted molar refractivity (Wildman–Crippen MR) is 105 cm³/mol. The Bertz CT molecular complexity index is 795. The third kappa shape index (κ3) is 4.79. The van der Waals surface area contributed by atoms with Gasteiger partial charge in [0.05, 0.1) is 17.2 Å². The Morgan fingerprint density at radius 2 is 1.92 bits per heavy atom. The Balaban J connectivity index is 1.47. The summed E-state index contributed by atoms with van der Waals surface area (Å²) in [5.74, 6) is 0.346. The maximum atomic E-state index is 12.4. The van der Waals surface area contributed by atoms with E-state index in [0.29, 0.717) is 12.5 Å². The molecule has 0 unspecified atom stereocenters. The first-order valence-corrected chi connectivity index (χ1v) is 10.3. The summed E-state index contributed by atoms with van der Waals surface area (Å²) in [5.41, 5.74) is 4.29. The Kier molecular flexibility index (Phi) is 6.20. The second-order valence-electron chi connectivity index (χ2n) is 7.22. The Morgan fingerprint density at radius 3 is 2.65 bits per heavy atom. The van der Waals surface area contributed by atoms with Crippen LogP contribution in [0.5, 0.6) is 0 Å². The normalized spacial score (nSPS) is 13.5. The van der Waals surface area contributed by atoms with E-state index < -0.39 is 0 Å². The van der Waals surface area contributed by atoms with E-state index in [1.54, 1.807) is 11.3 Å². The number of fused-ring (bicyclic) bond motifs is 1. The fourth-order valence-electron chi connectivity index (χ4n) is 3.22. The van der Waals surface area contributed by atoms with Gasteiger partial charge in [-0.1, -0.05) is 26.0 Å². The lowest BCUT2D eigenvalue weighted by molar-refractivity contribution is -0.121. The van der Waals surface area contributed by atoms with E-state index in [0.717, 1.165) is 29.1 Å². The molecule has 2 aromatic rings. The monoisotopic (exact) mass is 370 g/mol. The molecule has 0 radical (unpaired) electrons. The summed E-state index contributed by atoms with van der Waals surface area (Å²) in [4.78, 5) is 28.9. The van der Waals surface area contributed by atoms with E-state index in [1.165, 1.54) is 24.0 Å². The average molecular weight is 371 g/mol. The minimum atomic E-state index is -0.101. The SMILES string of the molecule is CC(C)c1nc(CNC(=O)CCC(=O)c2ccc3c(c2)CCCC3)cs1. The van der Waals surface area contributed by atoms with Gasteiger partial charge in [-0.3, -0.25) is 9.59 Å². The molecule has 1 aliphatic carbocycles. The van der Waals surface area contributed by atoms with Crippen molar-refractivity contribution in [3.05, 3.63) is 51.0 Å². The second kappa shape index (κ2) is 8.58. The number of carbonyl (C=O) groups is 2. The van der Waals surface area contributed by atoms with Crippen LogP contribution in [0, 0.1) is 0 Å². The smallest absolute Gasteiger partial charge is 0.220 e. The highest BCUT2D eigenvalue weighted by Crippen LogP contribution is 2.23. The molecule has 1 aromatic heterocycles. The summed E-state index contributed by atoms with van der Waals surface area (Å²) in [5, 5.41) is 5.92. The molecule has 26 heavy (non-hydrogen) atoms. The van der Waals surface area contributed by atoms with Crippen LogP contribution >= 0.6 is 11.3 Å². The number of amides is 1. The Hall–Kier alpha value is -2.01. The lowest BCUT2D eigenvalue weighted by Crippen LogP contribution is -2.23. The number of benzene rings is 1. The average Bonchev–Trinajstić information content (AvgIpc) is 3.13. The number of nitrogens with zero attached hydrogens (tertiary/aromatic N) is 1. The van der Waals surface area contributed by atoms with Gasteiger partial charge in [0.15, 0.2) is 5.78 Å². The van der Waals surface area contributed by atoms with Crippen molar-refractivity contribution in [2.45, 2.75) is 64.8 Å². The summed E-state index contributed by atoms with van der Waals surface area (Å²) in [6.07, 6.45) is 5.07. The molecule has 3 rings (SSSR count). The van der Waals surface area contributed by atoms with E-state index in [-0.39, 0.29) is 24.5 Å². The van der Waals surface area contributed by atoms with Gasteiger partial charge in [-0.05, 0) is 42.9 Å². The van der Waals surface area contributed by atoms with E-state index in [4.69, 9.17) is 0 Å². The number of Topliss-reactive ketones (excluding diaryl/α,β-unsaturated/α-hetero) is 1. The van der Waals surface area contributed by atoms with Crippen LogP contribution < -0.4 is 5.32 Å². The van der Waals surface area contributed by atoms with Gasteiger partial charge in [-0.25, -0.2) is 4.98 Å². The van der Waals surface area contributed by atoms with Crippen molar-refractivity contribution in [3.63, 3.8) is 0 Å². The Labute approximate surface area is 159 Å². The van der Waals surface area contributed by atoms with Crippen molar-refractivity contribution < 1.29 is 9.59 Å². The minimum absolute atomic E-state index is 0.0456. The van der Waals surface area contributed by atoms with E-state index in [1.807, 2.05) is 17.5 Å². The lowest BCUT2D eigenvalue weighted by atomic mass is 9.89. The summed E-state index contributed by atoms with van der Waals surface area (Å²) in [7, 11) is 0. The minimum Gasteiger partial charge on any atom is -0.350 e. The molecule has 0 bridgehead atoms. The van der Waals surface area contributed by atoms with Gasteiger partial charge in [0, 0.05) is 29.7 Å². The van der Waals surface area contributed by atoms with Crippen molar-refractivity contribution in [1.29, 1.82) is 0 Å². The molecule has 0 aliphatic heterocycles. The Morgan fingerprint density at radius 1 is 1.15 bits per heavy atom. The summed E-state index contributed by atoms with van der Waals surface area (Å²) in [6.45, 7) is 4.64.